The quantitative estimate of drug-likeness (QED) is 0.521. The number of hydrogen-bond donors (Lipinski definition) is 0. The van der Waals surface area contributed by atoms with E-state index in [1.54, 1.807) is 0 Å². The molecule has 0 bridgehead atoms. The summed E-state index contributed by atoms with van der Waals surface area (Å²) < 4.78 is 12.6. The van der Waals surface area contributed by atoms with Crippen LogP contribution in [0.15, 0.2) is 24.3 Å². The number of nitrogens with zero attached hydrogens (tertiary/aromatic N) is 2. The molecule has 0 unspecified atom stereocenters. The van der Waals surface area contributed by atoms with Crippen molar-refractivity contribution in [2.24, 2.45) is 23.2 Å². The summed E-state index contributed by atoms with van der Waals surface area (Å²) in [6.45, 7) is 9.36. The molecular weight excluding hydrogens is 412 g/mol. The van der Waals surface area contributed by atoms with Crippen molar-refractivity contribution in [2.45, 2.75) is 57.3 Å². The molecule has 3 heterocycles. The number of anilines is 1. The maximum atomic E-state index is 13.0. The Balaban J connectivity index is 1.14. The van der Waals surface area contributed by atoms with E-state index < -0.39 is 0 Å². The fourth-order valence-corrected chi connectivity index (χ4v) is 7.77. The molecule has 0 amide bonds. The Morgan fingerprint density at radius 2 is 2.03 bits per heavy atom. The molecule has 1 spiro atoms. The van der Waals surface area contributed by atoms with Crippen LogP contribution in [0.4, 0.5) is 5.69 Å². The van der Waals surface area contributed by atoms with E-state index in [1.807, 2.05) is 18.2 Å². The lowest BCUT2D eigenvalue weighted by molar-refractivity contribution is -0.146. The summed E-state index contributed by atoms with van der Waals surface area (Å²) in [7, 11) is 0. The van der Waals surface area contributed by atoms with Gasteiger partial charge >= 0.3 is 5.97 Å². The monoisotopic (exact) mass is 444 g/mol. The summed E-state index contributed by atoms with van der Waals surface area (Å²) in [6, 6.07) is 8.07. The van der Waals surface area contributed by atoms with Gasteiger partial charge < -0.3 is 14.4 Å². The van der Waals surface area contributed by atoms with Crippen molar-refractivity contribution in [3.05, 3.63) is 29.3 Å². The smallest absolute Gasteiger partial charge is 0.311 e. The lowest BCUT2D eigenvalue weighted by Gasteiger charge is -2.49. The van der Waals surface area contributed by atoms with Crippen LogP contribution in [-0.2, 0) is 14.3 Å². The number of hydrogen-bond acceptors (Lipinski definition) is 5. The number of esters is 1. The standard InChI is InChI=1S/C25H33ClN2O3/c1-16-5-4-8-24(2)14-20-21(22-25(16,24)31-22)19(23(29)30-20)15-27-9-11-28(12-10-27)18-7-3-6-17(26)13-18/h3,6-7,13,16,19-22H,4-5,8-12,14-15H2,1-2H3/t16-,19-,20-,21+,22+,24+,25-/m1/s1. The first-order valence-electron chi connectivity index (χ1n) is 12.0. The topological polar surface area (TPSA) is 45.3 Å². The van der Waals surface area contributed by atoms with Crippen LogP contribution in [0.3, 0.4) is 0 Å². The molecule has 5 aliphatic rings. The SMILES string of the molecule is C[C@@H]1CCC[C@@]2(C)C[C@H]3OC(=O)[C@H](CN4CCN(c5cccc(Cl)c5)CC4)[C@@H]3[C@@H]3O[C@]132. The number of piperazine rings is 1. The molecule has 1 aromatic carbocycles. The molecule has 2 aliphatic carbocycles. The fourth-order valence-electron chi connectivity index (χ4n) is 7.58. The van der Waals surface area contributed by atoms with Gasteiger partial charge in [0.25, 0.3) is 0 Å². The van der Waals surface area contributed by atoms with Crippen molar-refractivity contribution >= 4 is 23.3 Å². The van der Waals surface area contributed by atoms with Gasteiger partial charge in [-0.15, -0.1) is 0 Å². The van der Waals surface area contributed by atoms with Gasteiger partial charge in [-0.25, -0.2) is 0 Å². The molecular formula is C25H33ClN2O3. The van der Waals surface area contributed by atoms with Gasteiger partial charge in [0.1, 0.15) is 11.7 Å². The third-order valence-electron chi connectivity index (χ3n) is 9.19. The molecule has 168 valence electrons. The van der Waals surface area contributed by atoms with Gasteiger partial charge in [0.05, 0.1) is 12.0 Å². The highest BCUT2D eigenvalue weighted by Gasteiger charge is 2.78. The van der Waals surface area contributed by atoms with Crippen LogP contribution in [0.1, 0.15) is 39.5 Å². The molecule has 0 aromatic heterocycles. The van der Waals surface area contributed by atoms with Crippen molar-refractivity contribution in [3.63, 3.8) is 0 Å². The number of epoxide rings is 1. The zero-order chi connectivity index (χ0) is 21.4. The third kappa shape index (κ3) is 2.99. The summed E-state index contributed by atoms with van der Waals surface area (Å²) in [6.07, 6.45) is 4.93. The minimum Gasteiger partial charge on any atom is -0.462 e. The van der Waals surface area contributed by atoms with Gasteiger partial charge in [-0.1, -0.05) is 37.9 Å². The summed E-state index contributed by atoms with van der Waals surface area (Å²) in [5, 5.41) is 0.777. The molecule has 2 saturated carbocycles. The zero-order valence-corrected chi connectivity index (χ0v) is 19.3. The summed E-state index contributed by atoms with van der Waals surface area (Å²) in [4.78, 5) is 17.8. The molecule has 6 rings (SSSR count). The third-order valence-corrected chi connectivity index (χ3v) is 9.43. The average molecular weight is 445 g/mol. The Morgan fingerprint density at radius 1 is 1.23 bits per heavy atom. The average Bonchev–Trinajstić information content (AvgIpc) is 3.43. The number of halogens is 1. The highest BCUT2D eigenvalue weighted by atomic mass is 35.5. The number of benzene rings is 1. The fraction of sp³-hybridized carbons (Fsp3) is 0.720. The van der Waals surface area contributed by atoms with E-state index in [4.69, 9.17) is 21.1 Å². The molecule has 0 radical (unpaired) electrons. The van der Waals surface area contributed by atoms with Crippen molar-refractivity contribution in [1.82, 2.24) is 4.90 Å². The Labute approximate surface area is 190 Å². The number of fused-ring (bicyclic) bond motifs is 2. The number of carbonyl (C=O) groups excluding carboxylic acids is 1. The van der Waals surface area contributed by atoms with Gasteiger partial charge in [-0.3, -0.25) is 9.69 Å². The van der Waals surface area contributed by atoms with E-state index in [9.17, 15) is 4.79 Å². The maximum absolute atomic E-state index is 13.0. The highest BCUT2D eigenvalue weighted by Crippen LogP contribution is 2.70. The lowest BCUT2D eigenvalue weighted by atomic mass is 9.53. The first-order chi connectivity index (χ1) is 14.9. The molecule has 5 fully saturated rings. The van der Waals surface area contributed by atoms with Gasteiger partial charge in [-0.2, -0.15) is 0 Å². The number of ether oxygens (including phenoxy) is 2. The number of carbonyl (C=O) groups is 1. The van der Waals surface area contributed by atoms with Gasteiger partial charge in [0.15, 0.2) is 0 Å². The van der Waals surface area contributed by atoms with Crippen LogP contribution in [0.2, 0.25) is 5.02 Å². The second-order valence-electron chi connectivity index (χ2n) is 10.8. The van der Waals surface area contributed by atoms with E-state index in [1.165, 1.54) is 24.9 Å². The van der Waals surface area contributed by atoms with Crippen molar-refractivity contribution in [3.8, 4) is 0 Å². The van der Waals surface area contributed by atoms with Gasteiger partial charge in [0.2, 0.25) is 0 Å². The summed E-state index contributed by atoms with van der Waals surface area (Å²) in [5.74, 6) is 0.764. The molecule has 1 aromatic rings. The van der Waals surface area contributed by atoms with Crippen molar-refractivity contribution in [2.75, 3.05) is 37.6 Å². The Morgan fingerprint density at radius 3 is 2.81 bits per heavy atom. The molecule has 5 nitrogen and oxygen atoms in total. The van der Waals surface area contributed by atoms with E-state index in [2.05, 4.69) is 29.7 Å². The normalized spacial score (nSPS) is 44.3. The first-order valence-corrected chi connectivity index (χ1v) is 12.4. The van der Waals surface area contributed by atoms with Crippen LogP contribution < -0.4 is 4.90 Å². The van der Waals surface area contributed by atoms with Gasteiger partial charge in [0, 0.05) is 54.8 Å². The van der Waals surface area contributed by atoms with Crippen LogP contribution in [0.25, 0.3) is 0 Å². The van der Waals surface area contributed by atoms with Crippen LogP contribution in [-0.4, -0.2) is 61.4 Å². The van der Waals surface area contributed by atoms with E-state index in [0.717, 1.165) is 44.2 Å². The maximum Gasteiger partial charge on any atom is 0.311 e. The Hall–Kier alpha value is -1.30. The second-order valence-corrected chi connectivity index (χ2v) is 11.3. The predicted octanol–water partition coefficient (Wildman–Crippen LogP) is 3.99. The van der Waals surface area contributed by atoms with E-state index in [0.29, 0.717) is 5.92 Å². The minimum absolute atomic E-state index is 0.00724. The molecule has 7 atom stereocenters. The van der Waals surface area contributed by atoms with Crippen LogP contribution >= 0.6 is 11.6 Å². The molecule has 3 aliphatic heterocycles. The van der Waals surface area contributed by atoms with E-state index >= 15 is 0 Å². The Kier molecular flexibility index (Phi) is 4.65. The summed E-state index contributed by atoms with van der Waals surface area (Å²) >= 11 is 6.17. The van der Waals surface area contributed by atoms with Crippen LogP contribution in [0, 0.1) is 23.2 Å². The van der Waals surface area contributed by atoms with Gasteiger partial charge in [-0.05, 0) is 43.4 Å². The van der Waals surface area contributed by atoms with Crippen molar-refractivity contribution in [1.29, 1.82) is 0 Å². The zero-order valence-electron chi connectivity index (χ0n) is 18.6. The summed E-state index contributed by atoms with van der Waals surface area (Å²) in [5.41, 5.74) is 1.33. The van der Waals surface area contributed by atoms with Crippen LogP contribution in [0.5, 0.6) is 0 Å². The second kappa shape index (κ2) is 7.10. The minimum atomic E-state index is -0.0502. The molecule has 3 saturated heterocycles. The lowest BCUT2D eigenvalue weighted by Crippen LogP contribution is -2.55. The van der Waals surface area contributed by atoms with E-state index in [-0.39, 0.29) is 41.0 Å². The first kappa shape index (κ1) is 20.3. The number of rotatable bonds is 3. The molecule has 6 heteroatoms. The largest absolute Gasteiger partial charge is 0.462 e. The van der Waals surface area contributed by atoms with Crippen molar-refractivity contribution < 1.29 is 14.3 Å². The molecule has 31 heavy (non-hydrogen) atoms. The highest BCUT2D eigenvalue weighted by molar-refractivity contribution is 6.30. The predicted molar refractivity (Wildman–Crippen MR) is 120 cm³/mol. The Bertz CT molecular complexity index is 887. The molecule has 0 N–H and O–H groups in total.